The fourth-order valence-electron chi connectivity index (χ4n) is 1.12. The lowest BCUT2D eigenvalue weighted by Crippen LogP contribution is -2.45. The molecule has 13 heavy (non-hydrogen) atoms. The van der Waals surface area contributed by atoms with Gasteiger partial charge in [0.15, 0.2) is 5.52 Å². The largest absolute Gasteiger partial charge is 0.691 e. The van der Waals surface area contributed by atoms with Crippen molar-refractivity contribution < 1.29 is 4.85 Å². The monoisotopic (exact) mass is 178 g/mol. The molecular formula is C7H6N4O2. The molecular weight excluding hydrogens is 172 g/mol. The van der Waals surface area contributed by atoms with Crippen LogP contribution in [0.4, 0.5) is 0 Å². The van der Waals surface area contributed by atoms with Gasteiger partial charge in [0.1, 0.15) is 10.6 Å². The van der Waals surface area contributed by atoms with Crippen LogP contribution >= 0.6 is 0 Å². The number of rotatable bonds is 0. The number of fused-ring (bicyclic) bond motifs is 1. The Morgan fingerprint density at radius 2 is 2.15 bits per heavy atom. The molecule has 0 saturated heterocycles. The topological polar surface area (TPSA) is 87.8 Å². The molecule has 6 nitrogen and oxygen atoms in total. The maximum absolute atomic E-state index is 11.3. The lowest BCUT2D eigenvalue weighted by Gasteiger charge is -2.01. The van der Waals surface area contributed by atoms with Gasteiger partial charge >= 0.3 is 5.56 Å². The number of nitrogens with zero attached hydrogens (tertiary/aromatic N) is 3. The van der Waals surface area contributed by atoms with Gasteiger partial charge in [-0.2, -0.15) is 0 Å². The molecule has 1 heterocycles. The first kappa shape index (κ1) is 7.53. The zero-order chi connectivity index (χ0) is 9.42. The van der Waals surface area contributed by atoms with Crippen LogP contribution in [-0.2, 0) is 0 Å². The van der Waals surface area contributed by atoms with Crippen LogP contribution in [0, 0.1) is 5.21 Å². The molecule has 0 radical (unpaired) electrons. The molecule has 1 aromatic carbocycles. The first-order valence-electron chi connectivity index (χ1n) is 3.57. The van der Waals surface area contributed by atoms with E-state index >= 15 is 0 Å². The van der Waals surface area contributed by atoms with E-state index in [4.69, 9.17) is 5.84 Å². The van der Waals surface area contributed by atoms with Gasteiger partial charge in [0.2, 0.25) is 0 Å². The van der Waals surface area contributed by atoms with Crippen molar-refractivity contribution in [2.75, 3.05) is 5.84 Å². The summed E-state index contributed by atoms with van der Waals surface area (Å²) >= 11 is 0. The van der Waals surface area contributed by atoms with Crippen LogP contribution in [0.2, 0.25) is 0 Å². The summed E-state index contributed by atoms with van der Waals surface area (Å²) in [5.74, 6) is 5.16. The first-order chi connectivity index (χ1) is 6.20. The third kappa shape index (κ3) is 0.994. The van der Waals surface area contributed by atoms with Gasteiger partial charge in [-0.25, -0.2) is 10.6 Å². The molecule has 66 valence electrons. The number of para-hydroxylation sites is 1. The van der Waals surface area contributed by atoms with Gasteiger partial charge in [-0.15, -0.1) is 4.85 Å². The van der Waals surface area contributed by atoms with Crippen molar-refractivity contribution >= 4 is 10.9 Å². The molecule has 2 rings (SSSR count). The Bertz CT molecular complexity index is 519. The molecule has 6 heteroatoms. The molecule has 2 N–H and O–H groups in total. The van der Waals surface area contributed by atoms with Gasteiger partial charge in [-0.3, -0.25) is 0 Å². The molecule has 0 aliphatic heterocycles. The Morgan fingerprint density at radius 3 is 2.92 bits per heavy atom. The predicted molar refractivity (Wildman–Crippen MR) is 45.1 cm³/mol. The van der Waals surface area contributed by atoms with E-state index < -0.39 is 5.56 Å². The first-order valence-corrected chi connectivity index (χ1v) is 3.57. The Morgan fingerprint density at radius 1 is 1.46 bits per heavy atom. The summed E-state index contributed by atoms with van der Waals surface area (Å²) in [4.78, 5) is 12.1. The highest BCUT2D eigenvalue weighted by molar-refractivity contribution is 5.73. The Kier molecular flexibility index (Phi) is 1.42. The molecule has 0 aliphatic rings. The van der Waals surface area contributed by atoms with E-state index in [0.29, 0.717) is 9.64 Å². The minimum absolute atomic E-state index is 0.217. The predicted octanol–water partition coefficient (Wildman–Crippen LogP) is -1.26. The van der Waals surface area contributed by atoms with Gasteiger partial charge in [-0.1, -0.05) is 12.1 Å². The molecule has 0 unspecified atom stereocenters. The number of nitrogens with two attached hydrogens (primary N) is 1. The number of aromatic nitrogens is 3. The summed E-state index contributed by atoms with van der Waals surface area (Å²) < 4.78 is 0. The maximum Gasteiger partial charge on any atom is 0.389 e. The summed E-state index contributed by atoms with van der Waals surface area (Å²) in [6, 6.07) is 6.34. The van der Waals surface area contributed by atoms with Gasteiger partial charge < -0.3 is 5.21 Å². The van der Waals surface area contributed by atoms with E-state index in [0.717, 1.165) is 0 Å². The third-order valence-corrected chi connectivity index (χ3v) is 1.73. The zero-order valence-corrected chi connectivity index (χ0v) is 6.54. The van der Waals surface area contributed by atoms with Crippen LogP contribution in [0.15, 0.2) is 29.1 Å². The van der Waals surface area contributed by atoms with E-state index in [9.17, 15) is 10.0 Å². The molecule has 0 spiro atoms. The molecule has 0 saturated carbocycles. The molecule has 1 aromatic heterocycles. The minimum atomic E-state index is -0.484. The van der Waals surface area contributed by atoms with Crippen molar-refractivity contribution in [3.63, 3.8) is 0 Å². The smallest absolute Gasteiger partial charge is 0.389 e. The fourth-order valence-corrected chi connectivity index (χ4v) is 1.12. The Hall–Kier alpha value is -2.11. The number of hydrogen-bond acceptors (Lipinski definition) is 4. The maximum atomic E-state index is 11.3. The molecule has 0 amide bonds. The fraction of sp³-hybridized carbons (Fsp3) is 0. The highest BCUT2D eigenvalue weighted by atomic mass is 16.5. The quantitative estimate of drug-likeness (QED) is 0.310. The van der Waals surface area contributed by atoms with E-state index in [-0.39, 0.29) is 10.9 Å². The van der Waals surface area contributed by atoms with Crippen molar-refractivity contribution in [2.45, 2.75) is 0 Å². The number of benzene rings is 1. The second kappa shape index (κ2) is 2.44. The van der Waals surface area contributed by atoms with Crippen molar-refractivity contribution in [3.8, 4) is 0 Å². The van der Waals surface area contributed by atoms with Crippen molar-refractivity contribution in [1.29, 1.82) is 0 Å². The zero-order valence-electron chi connectivity index (χ0n) is 6.54. The number of hydrogen-bond donors (Lipinski definition) is 1. The molecule has 0 bridgehead atoms. The van der Waals surface area contributed by atoms with Crippen LogP contribution < -0.4 is 16.2 Å². The van der Waals surface area contributed by atoms with E-state index in [1.807, 2.05) is 0 Å². The van der Waals surface area contributed by atoms with Gasteiger partial charge in [0.25, 0.3) is 0 Å². The van der Waals surface area contributed by atoms with Crippen molar-refractivity contribution in [1.82, 2.24) is 10.0 Å². The lowest BCUT2D eigenvalue weighted by molar-refractivity contribution is -0.651. The highest BCUT2D eigenvalue weighted by Gasteiger charge is 2.09. The van der Waals surface area contributed by atoms with Crippen molar-refractivity contribution in [3.05, 3.63) is 39.8 Å². The van der Waals surface area contributed by atoms with Crippen LogP contribution in [0.5, 0.6) is 0 Å². The van der Waals surface area contributed by atoms with Crippen molar-refractivity contribution in [2.24, 2.45) is 0 Å². The average molecular weight is 178 g/mol. The van der Waals surface area contributed by atoms with Gasteiger partial charge in [0.05, 0.1) is 0 Å². The second-order valence-electron chi connectivity index (χ2n) is 2.53. The SMILES string of the molecule is Nn1n[n+]([O-])c2ccccc2c1=O. The van der Waals surface area contributed by atoms with E-state index in [2.05, 4.69) is 5.21 Å². The van der Waals surface area contributed by atoms with Crippen LogP contribution in [0.3, 0.4) is 0 Å². The molecule has 0 atom stereocenters. The molecule has 0 aliphatic carbocycles. The van der Waals surface area contributed by atoms with Crippen LogP contribution in [0.1, 0.15) is 0 Å². The van der Waals surface area contributed by atoms with Gasteiger partial charge in [-0.05, 0) is 12.1 Å². The Labute approximate surface area is 72.3 Å². The van der Waals surface area contributed by atoms with Crippen LogP contribution in [0.25, 0.3) is 10.9 Å². The Balaban J connectivity index is 3.06. The lowest BCUT2D eigenvalue weighted by atomic mass is 10.2. The second-order valence-corrected chi connectivity index (χ2v) is 2.53. The highest BCUT2D eigenvalue weighted by Crippen LogP contribution is 2.00. The summed E-state index contributed by atoms with van der Waals surface area (Å²) in [5, 5.41) is 14.6. The van der Waals surface area contributed by atoms with Gasteiger partial charge in [0, 0.05) is 4.79 Å². The molecule has 2 aromatic rings. The summed E-state index contributed by atoms with van der Waals surface area (Å²) in [6.07, 6.45) is 0. The van der Waals surface area contributed by atoms with Crippen LogP contribution in [-0.4, -0.2) is 10.0 Å². The minimum Gasteiger partial charge on any atom is -0.691 e. The number of nitrogen functional groups attached to an aromatic ring is 1. The standard InChI is InChI=1S/C7H6N4O2/c8-10-7(12)5-3-1-2-4-6(5)11(13)9-10/h1-4H,8H2. The molecule has 0 fully saturated rings. The average Bonchev–Trinajstić information content (AvgIpc) is 2.15. The summed E-state index contributed by atoms with van der Waals surface area (Å²) in [7, 11) is 0. The van der Waals surface area contributed by atoms with E-state index in [1.165, 1.54) is 12.1 Å². The summed E-state index contributed by atoms with van der Waals surface area (Å²) in [5.41, 5.74) is -0.267. The third-order valence-electron chi connectivity index (χ3n) is 1.73. The van der Waals surface area contributed by atoms with E-state index in [1.54, 1.807) is 12.1 Å². The normalized spacial score (nSPS) is 10.5. The summed E-state index contributed by atoms with van der Waals surface area (Å²) in [6.45, 7) is 0.